The van der Waals surface area contributed by atoms with Gasteiger partial charge in [0, 0.05) is 0 Å². The van der Waals surface area contributed by atoms with Crippen LogP contribution in [0.1, 0.15) is 20.8 Å². The minimum absolute atomic E-state index is 0.861. The molecule has 0 atom stereocenters. The largest absolute Gasteiger partial charge is 0.400 e. The number of carbonyl (C=O) groups is 1. The molecular weight excluding hydrogens is 145 g/mol. The Morgan fingerprint density at radius 2 is 1.50 bits per heavy atom. The number of ketones is 1. The summed E-state index contributed by atoms with van der Waals surface area (Å²) >= 11 is 0. The summed E-state index contributed by atoms with van der Waals surface area (Å²) in [4.78, 5) is 10.4. The summed E-state index contributed by atoms with van der Waals surface area (Å²) in [6.07, 6.45) is -4.43. The maximum absolute atomic E-state index is 11.9. The second-order valence-electron chi connectivity index (χ2n) is 2.68. The summed E-state index contributed by atoms with van der Waals surface area (Å²) in [5, 5.41) is 0. The third-order valence-electron chi connectivity index (χ3n) is 1.59. The average molecular weight is 154 g/mol. The monoisotopic (exact) mass is 154 g/mol. The number of rotatable bonds is 1. The van der Waals surface area contributed by atoms with Gasteiger partial charge in [0.05, 0.1) is 0 Å². The molecule has 0 aromatic heterocycles. The molecule has 0 aromatic carbocycles. The van der Waals surface area contributed by atoms with Gasteiger partial charge in [0.15, 0.2) is 0 Å². The lowest BCUT2D eigenvalue weighted by Gasteiger charge is -2.23. The molecule has 0 aliphatic rings. The van der Waals surface area contributed by atoms with Crippen molar-refractivity contribution in [2.45, 2.75) is 26.9 Å². The number of halogens is 3. The fourth-order valence-electron chi connectivity index (χ4n) is 0.200. The van der Waals surface area contributed by atoms with Crippen LogP contribution in [0.2, 0.25) is 0 Å². The maximum atomic E-state index is 11.9. The van der Waals surface area contributed by atoms with Crippen LogP contribution in [0.25, 0.3) is 0 Å². The Balaban J connectivity index is 4.57. The molecule has 0 aliphatic heterocycles. The van der Waals surface area contributed by atoms with Gasteiger partial charge in [0.2, 0.25) is 0 Å². The average Bonchev–Trinajstić information content (AvgIpc) is 1.62. The summed E-state index contributed by atoms with van der Waals surface area (Å²) in [5.74, 6) is -0.861. The van der Waals surface area contributed by atoms with Gasteiger partial charge in [-0.3, -0.25) is 4.79 Å². The Bertz CT molecular complexity index is 146. The third-order valence-corrected chi connectivity index (χ3v) is 1.59. The number of hydrogen-bond acceptors (Lipinski definition) is 1. The van der Waals surface area contributed by atoms with Crippen molar-refractivity contribution in [2.24, 2.45) is 5.41 Å². The van der Waals surface area contributed by atoms with E-state index in [0.29, 0.717) is 0 Å². The summed E-state index contributed by atoms with van der Waals surface area (Å²) in [6.45, 7) is 2.68. The number of carbonyl (C=O) groups excluding carboxylic acids is 1. The van der Waals surface area contributed by atoms with E-state index in [1.54, 1.807) is 0 Å². The second kappa shape index (κ2) is 2.25. The van der Waals surface area contributed by atoms with Crippen LogP contribution in [0.4, 0.5) is 13.2 Å². The van der Waals surface area contributed by atoms with Crippen LogP contribution in [-0.2, 0) is 4.79 Å². The first kappa shape index (κ1) is 9.46. The van der Waals surface area contributed by atoms with E-state index in [9.17, 15) is 18.0 Å². The van der Waals surface area contributed by atoms with Gasteiger partial charge < -0.3 is 0 Å². The SMILES string of the molecule is CC(=O)C(C)(C)C(F)(F)F. The molecule has 4 heteroatoms. The van der Waals surface area contributed by atoms with Crippen molar-refractivity contribution in [3.63, 3.8) is 0 Å². The normalized spacial score (nSPS) is 13.4. The molecule has 1 nitrogen and oxygen atoms in total. The van der Waals surface area contributed by atoms with E-state index in [-0.39, 0.29) is 0 Å². The van der Waals surface area contributed by atoms with Crippen molar-refractivity contribution in [3.05, 3.63) is 0 Å². The summed E-state index contributed by atoms with van der Waals surface area (Å²) in [7, 11) is 0. The summed E-state index contributed by atoms with van der Waals surface area (Å²) in [6, 6.07) is 0. The molecule has 0 N–H and O–H groups in total. The molecule has 0 bridgehead atoms. The molecule has 0 spiro atoms. The van der Waals surface area contributed by atoms with Gasteiger partial charge in [-0.25, -0.2) is 0 Å². The first-order chi connectivity index (χ1) is 4.19. The minimum Gasteiger partial charge on any atom is -0.299 e. The van der Waals surface area contributed by atoms with Crippen molar-refractivity contribution in [1.82, 2.24) is 0 Å². The van der Waals surface area contributed by atoms with Gasteiger partial charge in [-0.15, -0.1) is 0 Å². The quantitative estimate of drug-likeness (QED) is 0.565. The Hall–Kier alpha value is -0.540. The van der Waals surface area contributed by atoms with Gasteiger partial charge in [-0.1, -0.05) is 0 Å². The fraction of sp³-hybridized carbons (Fsp3) is 0.833. The molecule has 0 radical (unpaired) electrons. The highest BCUT2D eigenvalue weighted by Gasteiger charge is 2.50. The zero-order valence-corrected chi connectivity index (χ0v) is 6.04. The van der Waals surface area contributed by atoms with Crippen molar-refractivity contribution in [1.29, 1.82) is 0 Å². The summed E-state index contributed by atoms with van der Waals surface area (Å²) in [5.41, 5.74) is -2.20. The Kier molecular flexibility index (Phi) is 2.13. The first-order valence-electron chi connectivity index (χ1n) is 2.77. The molecule has 0 fully saturated rings. The minimum atomic E-state index is -4.43. The van der Waals surface area contributed by atoms with Crippen LogP contribution in [-0.4, -0.2) is 12.0 Å². The molecule has 0 aliphatic carbocycles. The van der Waals surface area contributed by atoms with Gasteiger partial charge >= 0.3 is 6.18 Å². The van der Waals surface area contributed by atoms with Gasteiger partial charge in [0.25, 0.3) is 0 Å². The van der Waals surface area contributed by atoms with E-state index in [4.69, 9.17) is 0 Å². The molecule has 0 rings (SSSR count). The van der Waals surface area contributed by atoms with Gasteiger partial charge in [0.1, 0.15) is 11.2 Å². The van der Waals surface area contributed by atoms with Crippen LogP contribution >= 0.6 is 0 Å². The molecule has 10 heavy (non-hydrogen) atoms. The molecule has 0 heterocycles. The molecule has 0 amide bonds. The van der Waals surface area contributed by atoms with Crippen LogP contribution < -0.4 is 0 Å². The predicted octanol–water partition coefficient (Wildman–Crippen LogP) is 2.16. The smallest absolute Gasteiger partial charge is 0.299 e. The topological polar surface area (TPSA) is 17.1 Å². The molecular formula is C6H9F3O. The lowest BCUT2D eigenvalue weighted by Crippen LogP contribution is -2.38. The maximum Gasteiger partial charge on any atom is 0.400 e. The number of hydrogen-bond donors (Lipinski definition) is 0. The van der Waals surface area contributed by atoms with Gasteiger partial charge in [-0.2, -0.15) is 13.2 Å². The number of alkyl halides is 3. The fourth-order valence-corrected chi connectivity index (χ4v) is 0.200. The van der Waals surface area contributed by atoms with Crippen molar-refractivity contribution in [3.8, 4) is 0 Å². The van der Waals surface area contributed by atoms with E-state index in [2.05, 4.69) is 0 Å². The van der Waals surface area contributed by atoms with Crippen molar-refractivity contribution in [2.75, 3.05) is 0 Å². The molecule has 0 aromatic rings. The highest BCUT2D eigenvalue weighted by molar-refractivity contribution is 5.82. The van der Waals surface area contributed by atoms with Crippen molar-refractivity contribution >= 4 is 5.78 Å². The highest BCUT2D eigenvalue weighted by atomic mass is 19.4. The predicted molar refractivity (Wildman–Crippen MR) is 30.5 cm³/mol. The van der Waals surface area contributed by atoms with Gasteiger partial charge in [-0.05, 0) is 20.8 Å². The lowest BCUT2D eigenvalue weighted by atomic mass is 9.88. The second-order valence-corrected chi connectivity index (χ2v) is 2.68. The van der Waals surface area contributed by atoms with Crippen LogP contribution in [0, 0.1) is 5.41 Å². The van der Waals surface area contributed by atoms with E-state index < -0.39 is 17.4 Å². The highest BCUT2D eigenvalue weighted by Crippen LogP contribution is 2.37. The van der Waals surface area contributed by atoms with Crippen LogP contribution in [0.5, 0.6) is 0 Å². The van der Waals surface area contributed by atoms with E-state index >= 15 is 0 Å². The Morgan fingerprint density at radius 1 is 1.20 bits per heavy atom. The van der Waals surface area contributed by atoms with E-state index in [0.717, 1.165) is 20.8 Å². The molecule has 0 saturated heterocycles. The summed E-state index contributed by atoms with van der Waals surface area (Å²) < 4.78 is 35.6. The third kappa shape index (κ3) is 1.49. The molecule has 60 valence electrons. The zero-order valence-electron chi connectivity index (χ0n) is 6.04. The standard InChI is InChI=1S/C6H9F3O/c1-4(10)5(2,3)6(7,8)9/h1-3H3. The molecule has 0 saturated carbocycles. The van der Waals surface area contributed by atoms with Crippen LogP contribution in [0.3, 0.4) is 0 Å². The van der Waals surface area contributed by atoms with E-state index in [1.165, 1.54) is 0 Å². The Morgan fingerprint density at radius 3 is 1.50 bits per heavy atom. The van der Waals surface area contributed by atoms with Crippen LogP contribution in [0.15, 0.2) is 0 Å². The lowest BCUT2D eigenvalue weighted by molar-refractivity contribution is -0.208. The number of Topliss-reactive ketones (excluding diaryl/α,β-unsaturated/α-hetero) is 1. The Labute approximate surface area is 57.2 Å². The molecule has 0 unspecified atom stereocenters. The van der Waals surface area contributed by atoms with Crippen molar-refractivity contribution < 1.29 is 18.0 Å². The zero-order chi connectivity index (χ0) is 8.58. The first-order valence-corrected chi connectivity index (χ1v) is 2.77. The van der Waals surface area contributed by atoms with E-state index in [1.807, 2.05) is 0 Å².